The van der Waals surface area contributed by atoms with E-state index in [1.807, 2.05) is 86.8 Å². The molecule has 0 spiro atoms. The topological polar surface area (TPSA) is 68.4 Å². The Kier molecular flexibility index (Phi) is 5.54. The fourth-order valence-corrected chi connectivity index (χ4v) is 3.87. The lowest BCUT2D eigenvalue weighted by Crippen LogP contribution is -2.21. The van der Waals surface area contributed by atoms with Crippen molar-refractivity contribution in [3.05, 3.63) is 99.3 Å². The van der Waals surface area contributed by atoms with Crippen LogP contribution in [0.25, 0.3) is 11.8 Å². The molecule has 2 aromatic carbocycles. The number of amidine groups is 1. The van der Waals surface area contributed by atoms with Crippen LogP contribution in [-0.4, -0.2) is 20.4 Å². The van der Waals surface area contributed by atoms with Crippen molar-refractivity contribution in [2.45, 2.75) is 6.92 Å². The summed E-state index contributed by atoms with van der Waals surface area (Å²) in [6, 6.07) is 19.2. The number of benzene rings is 2. The van der Waals surface area contributed by atoms with E-state index in [0.717, 1.165) is 11.3 Å². The first-order valence-electron chi connectivity index (χ1n) is 9.40. The van der Waals surface area contributed by atoms with E-state index >= 15 is 0 Å². The Morgan fingerprint density at radius 2 is 1.67 bits per heavy atom. The molecule has 150 valence electrons. The summed E-state index contributed by atoms with van der Waals surface area (Å²) in [5, 5.41) is 3.13. The summed E-state index contributed by atoms with van der Waals surface area (Å²) in [5.41, 5.74) is 2.60. The number of aliphatic imine (C=N–C) groups is 1. The largest absolute Gasteiger partial charge is 0.300 e. The van der Waals surface area contributed by atoms with Crippen LogP contribution in [0.4, 0.5) is 5.69 Å². The van der Waals surface area contributed by atoms with E-state index in [-0.39, 0.29) is 11.5 Å². The van der Waals surface area contributed by atoms with Crippen molar-refractivity contribution < 1.29 is 4.79 Å². The molecular formula is C23H20N4O2S. The number of allylic oxidation sites excluding steroid dienone is 2. The molecule has 4 rings (SSSR count). The summed E-state index contributed by atoms with van der Waals surface area (Å²) >= 11 is 1.22. The highest BCUT2D eigenvalue weighted by atomic mass is 32.2. The molecule has 1 aromatic heterocycles. The van der Waals surface area contributed by atoms with Gasteiger partial charge < -0.3 is 5.32 Å². The number of carbonyl (C=O) groups excluding carboxylic acids is 1. The SMILES string of the molecule is Cc1c(N=C2NC(=O)/C(=C/C=C/c3ccccc3)S2)c(=O)n(-c2ccccc2)n1C. The molecule has 1 aliphatic rings. The van der Waals surface area contributed by atoms with Crippen LogP contribution < -0.4 is 10.9 Å². The van der Waals surface area contributed by atoms with Crippen molar-refractivity contribution in [2.24, 2.45) is 12.0 Å². The van der Waals surface area contributed by atoms with Crippen molar-refractivity contribution in [3.63, 3.8) is 0 Å². The maximum atomic E-state index is 13.0. The Morgan fingerprint density at radius 1 is 1.00 bits per heavy atom. The second kappa shape index (κ2) is 8.42. The maximum Gasteiger partial charge on any atom is 0.297 e. The maximum absolute atomic E-state index is 13.0. The van der Waals surface area contributed by atoms with E-state index in [1.165, 1.54) is 11.8 Å². The standard InChI is InChI=1S/C23H20N4O2S/c1-16-20(22(29)27(26(16)2)18-13-7-4-8-14-18)24-23-25-21(28)19(30-23)15-9-12-17-10-5-3-6-11-17/h3-15H,1-2H3,(H,24,25,28)/b12-9+,19-15-. The van der Waals surface area contributed by atoms with Gasteiger partial charge in [0.2, 0.25) is 0 Å². The second-order valence-corrected chi connectivity index (χ2v) is 7.71. The predicted octanol–water partition coefficient (Wildman–Crippen LogP) is 3.93. The van der Waals surface area contributed by atoms with Crippen LogP contribution in [-0.2, 0) is 11.8 Å². The molecule has 0 radical (unpaired) electrons. The molecular weight excluding hydrogens is 396 g/mol. The molecule has 30 heavy (non-hydrogen) atoms. The fourth-order valence-electron chi connectivity index (χ4n) is 3.09. The molecule has 0 atom stereocenters. The summed E-state index contributed by atoms with van der Waals surface area (Å²) in [7, 11) is 1.81. The lowest BCUT2D eigenvalue weighted by Gasteiger charge is -2.07. The van der Waals surface area contributed by atoms with Gasteiger partial charge in [-0.05, 0) is 42.5 Å². The molecule has 0 saturated carbocycles. The number of carbonyl (C=O) groups is 1. The molecule has 0 aliphatic carbocycles. The Balaban J connectivity index is 1.61. The number of hydrogen-bond acceptors (Lipinski definition) is 4. The van der Waals surface area contributed by atoms with Crippen molar-refractivity contribution in [1.29, 1.82) is 0 Å². The van der Waals surface area contributed by atoms with E-state index in [4.69, 9.17) is 0 Å². The Bertz CT molecular complexity index is 1240. The highest BCUT2D eigenvalue weighted by Gasteiger charge is 2.25. The number of para-hydroxylation sites is 1. The zero-order valence-electron chi connectivity index (χ0n) is 16.6. The molecule has 1 N–H and O–H groups in total. The van der Waals surface area contributed by atoms with Crippen molar-refractivity contribution in [3.8, 4) is 5.69 Å². The highest BCUT2D eigenvalue weighted by molar-refractivity contribution is 8.18. The molecule has 0 bridgehead atoms. The molecule has 2 heterocycles. The molecule has 1 fully saturated rings. The van der Waals surface area contributed by atoms with Crippen LogP contribution in [0.3, 0.4) is 0 Å². The van der Waals surface area contributed by atoms with Crippen molar-refractivity contribution in [2.75, 3.05) is 0 Å². The third-order valence-corrected chi connectivity index (χ3v) is 5.65. The van der Waals surface area contributed by atoms with Gasteiger partial charge in [0.05, 0.1) is 16.3 Å². The lowest BCUT2D eigenvalue weighted by atomic mass is 10.2. The highest BCUT2D eigenvalue weighted by Crippen LogP contribution is 2.26. The van der Waals surface area contributed by atoms with E-state index in [2.05, 4.69) is 10.3 Å². The van der Waals surface area contributed by atoms with Gasteiger partial charge in [-0.3, -0.25) is 14.3 Å². The average molecular weight is 417 g/mol. The number of amides is 1. The number of thioether (sulfide) groups is 1. The minimum Gasteiger partial charge on any atom is -0.300 e. The van der Waals surface area contributed by atoms with Crippen LogP contribution in [0.5, 0.6) is 0 Å². The first-order chi connectivity index (χ1) is 14.5. The molecule has 1 amide bonds. The third-order valence-electron chi connectivity index (χ3n) is 4.72. The van der Waals surface area contributed by atoms with Gasteiger partial charge in [0.1, 0.15) is 0 Å². The Hall–Kier alpha value is -3.58. The summed E-state index contributed by atoms with van der Waals surface area (Å²) in [6.07, 6.45) is 5.50. The first-order valence-corrected chi connectivity index (χ1v) is 10.2. The smallest absolute Gasteiger partial charge is 0.297 e. The minimum absolute atomic E-state index is 0.228. The van der Waals surface area contributed by atoms with Crippen molar-refractivity contribution in [1.82, 2.24) is 14.7 Å². The Labute approximate surface area is 178 Å². The van der Waals surface area contributed by atoms with E-state index in [1.54, 1.807) is 15.4 Å². The van der Waals surface area contributed by atoms with Gasteiger partial charge in [-0.15, -0.1) is 0 Å². The zero-order chi connectivity index (χ0) is 21.1. The normalized spacial score (nSPS) is 16.7. The first kappa shape index (κ1) is 19.7. The second-order valence-electron chi connectivity index (χ2n) is 6.68. The number of hydrogen-bond donors (Lipinski definition) is 1. The molecule has 6 nitrogen and oxygen atoms in total. The molecule has 1 aliphatic heterocycles. The Morgan fingerprint density at radius 3 is 2.37 bits per heavy atom. The summed E-state index contributed by atoms with van der Waals surface area (Å²) < 4.78 is 3.33. The quantitative estimate of drug-likeness (QED) is 0.655. The van der Waals surface area contributed by atoms with E-state index in [0.29, 0.717) is 21.5 Å². The molecule has 0 unspecified atom stereocenters. The number of nitrogens with one attached hydrogen (secondary N) is 1. The minimum atomic E-state index is -0.232. The summed E-state index contributed by atoms with van der Waals surface area (Å²) in [5.74, 6) is -0.228. The fraction of sp³-hybridized carbons (Fsp3) is 0.0870. The predicted molar refractivity (Wildman–Crippen MR) is 122 cm³/mol. The van der Waals surface area contributed by atoms with Gasteiger partial charge in [-0.2, -0.15) is 0 Å². The van der Waals surface area contributed by atoms with Gasteiger partial charge in [0.25, 0.3) is 11.5 Å². The van der Waals surface area contributed by atoms with Crippen LogP contribution in [0.2, 0.25) is 0 Å². The zero-order valence-corrected chi connectivity index (χ0v) is 17.4. The molecule has 7 heteroatoms. The molecule has 3 aromatic rings. The van der Waals surface area contributed by atoms with Crippen LogP contribution in [0, 0.1) is 6.92 Å². The van der Waals surface area contributed by atoms with Gasteiger partial charge in [0.15, 0.2) is 10.9 Å². The summed E-state index contributed by atoms with van der Waals surface area (Å²) in [4.78, 5) is 30.2. The van der Waals surface area contributed by atoms with Crippen LogP contribution in [0.15, 0.2) is 87.5 Å². The lowest BCUT2D eigenvalue weighted by molar-refractivity contribution is -0.115. The monoisotopic (exact) mass is 416 g/mol. The third kappa shape index (κ3) is 3.92. The number of aromatic nitrogens is 2. The van der Waals surface area contributed by atoms with E-state index < -0.39 is 0 Å². The van der Waals surface area contributed by atoms with Crippen LogP contribution in [0.1, 0.15) is 11.3 Å². The molecule has 1 saturated heterocycles. The van der Waals surface area contributed by atoms with Crippen molar-refractivity contribution >= 4 is 34.6 Å². The van der Waals surface area contributed by atoms with Gasteiger partial charge >= 0.3 is 0 Å². The number of rotatable bonds is 4. The van der Waals surface area contributed by atoms with E-state index in [9.17, 15) is 9.59 Å². The average Bonchev–Trinajstić information content (AvgIpc) is 3.21. The van der Waals surface area contributed by atoms with Gasteiger partial charge in [-0.1, -0.05) is 60.7 Å². The van der Waals surface area contributed by atoms with Gasteiger partial charge in [-0.25, -0.2) is 9.67 Å². The van der Waals surface area contributed by atoms with Crippen LogP contribution >= 0.6 is 11.8 Å². The van der Waals surface area contributed by atoms with Gasteiger partial charge in [0, 0.05) is 7.05 Å². The summed E-state index contributed by atoms with van der Waals surface area (Å²) in [6.45, 7) is 1.83. The number of nitrogens with zero attached hydrogens (tertiary/aromatic N) is 3.